The van der Waals surface area contributed by atoms with Crippen LogP contribution in [0.1, 0.15) is 36.3 Å². The van der Waals surface area contributed by atoms with Crippen LogP contribution in [0, 0.1) is 19.8 Å². The summed E-state index contributed by atoms with van der Waals surface area (Å²) in [6.07, 6.45) is 0.583. The Bertz CT molecular complexity index is 466. The van der Waals surface area contributed by atoms with E-state index in [0.717, 1.165) is 17.9 Å². The van der Waals surface area contributed by atoms with Crippen LogP contribution in [0.3, 0.4) is 0 Å². The minimum atomic E-state index is 0.0859. The van der Waals surface area contributed by atoms with Gasteiger partial charge in [0.2, 0.25) is 5.91 Å². The predicted molar refractivity (Wildman–Crippen MR) is 70.0 cm³/mol. The average molecular weight is 250 g/mol. The largest absolute Gasteiger partial charge is 0.335 e. The fourth-order valence-electron chi connectivity index (χ4n) is 2.89. The topological polar surface area (TPSA) is 64.2 Å². The van der Waals surface area contributed by atoms with Gasteiger partial charge in [-0.15, -0.1) is 0 Å². The van der Waals surface area contributed by atoms with E-state index in [9.17, 15) is 4.79 Å². The lowest BCUT2D eigenvalue weighted by atomic mass is 10.1. The second kappa shape index (κ2) is 4.72. The van der Waals surface area contributed by atoms with Crippen molar-refractivity contribution in [3.05, 3.63) is 17.0 Å². The van der Waals surface area contributed by atoms with Crippen LogP contribution in [0.15, 0.2) is 0 Å². The van der Waals surface area contributed by atoms with Gasteiger partial charge in [0.05, 0.1) is 11.7 Å². The van der Waals surface area contributed by atoms with Crippen molar-refractivity contribution < 1.29 is 4.79 Å². The summed E-state index contributed by atoms with van der Waals surface area (Å²) < 4.78 is 1.88. The standard InChI is InChI=1S/C13H22N4O/c1-8-13(9(2)16(4)15-8)10(3)17-7-11(6-14)5-12(17)18/h10-11H,5-7,14H2,1-4H3. The SMILES string of the molecule is Cc1nn(C)c(C)c1C(C)N1CC(CN)CC1=O. The highest BCUT2D eigenvalue weighted by Crippen LogP contribution is 2.31. The van der Waals surface area contributed by atoms with Crippen LogP contribution in [-0.2, 0) is 11.8 Å². The van der Waals surface area contributed by atoms with Gasteiger partial charge in [0.25, 0.3) is 0 Å². The summed E-state index contributed by atoms with van der Waals surface area (Å²) in [5.41, 5.74) is 8.97. The van der Waals surface area contributed by atoms with Crippen LogP contribution in [0.5, 0.6) is 0 Å². The number of amides is 1. The van der Waals surface area contributed by atoms with Crippen molar-refractivity contribution in [2.24, 2.45) is 18.7 Å². The summed E-state index contributed by atoms with van der Waals surface area (Å²) in [5.74, 6) is 0.512. The highest BCUT2D eigenvalue weighted by atomic mass is 16.2. The van der Waals surface area contributed by atoms with E-state index in [1.165, 1.54) is 5.56 Å². The molecule has 0 aromatic carbocycles. The molecule has 1 aromatic rings. The Balaban J connectivity index is 2.26. The fraction of sp³-hybridized carbons (Fsp3) is 0.692. The second-order valence-corrected chi connectivity index (χ2v) is 5.24. The average Bonchev–Trinajstić information content (AvgIpc) is 2.80. The number of hydrogen-bond donors (Lipinski definition) is 1. The molecule has 1 saturated heterocycles. The molecule has 2 rings (SSSR count). The molecule has 1 aromatic heterocycles. The van der Waals surface area contributed by atoms with Crippen molar-refractivity contribution in [2.45, 2.75) is 33.2 Å². The lowest BCUT2D eigenvalue weighted by Gasteiger charge is -2.25. The lowest BCUT2D eigenvalue weighted by molar-refractivity contribution is -0.129. The zero-order valence-electron chi connectivity index (χ0n) is 11.6. The molecule has 5 heteroatoms. The fourth-order valence-corrected chi connectivity index (χ4v) is 2.89. The summed E-state index contributed by atoms with van der Waals surface area (Å²) in [7, 11) is 1.94. The van der Waals surface area contributed by atoms with E-state index in [2.05, 4.69) is 12.0 Å². The first kappa shape index (κ1) is 13.1. The maximum atomic E-state index is 12.0. The van der Waals surface area contributed by atoms with Gasteiger partial charge in [0, 0.05) is 31.3 Å². The van der Waals surface area contributed by atoms with E-state index in [1.54, 1.807) is 0 Å². The zero-order valence-corrected chi connectivity index (χ0v) is 11.6. The number of carbonyl (C=O) groups is 1. The van der Waals surface area contributed by atoms with Gasteiger partial charge in [-0.2, -0.15) is 5.10 Å². The summed E-state index contributed by atoms with van der Waals surface area (Å²) in [6, 6.07) is 0.0859. The first-order valence-corrected chi connectivity index (χ1v) is 6.45. The Labute approximate surface area is 108 Å². The van der Waals surface area contributed by atoms with Crippen LogP contribution in [0.2, 0.25) is 0 Å². The minimum absolute atomic E-state index is 0.0859. The highest BCUT2D eigenvalue weighted by molar-refractivity contribution is 5.79. The van der Waals surface area contributed by atoms with Gasteiger partial charge >= 0.3 is 0 Å². The Morgan fingerprint density at radius 3 is 2.61 bits per heavy atom. The molecular formula is C13H22N4O. The number of carbonyl (C=O) groups excluding carboxylic acids is 1. The summed E-state index contributed by atoms with van der Waals surface area (Å²) in [6.45, 7) is 7.48. The molecule has 2 atom stereocenters. The molecule has 1 aliphatic rings. The smallest absolute Gasteiger partial charge is 0.223 e. The van der Waals surface area contributed by atoms with Gasteiger partial charge in [-0.3, -0.25) is 9.48 Å². The monoisotopic (exact) mass is 250 g/mol. The zero-order chi connectivity index (χ0) is 13.4. The molecule has 1 fully saturated rings. The Kier molecular flexibility index (Phi) is 3.43. The van der Waals surface area contributed by atoms with Crippen molar-refractivity contribution in [1.82, 2.24) is 14.7 Å². The lowest BCUT2D eigenvalue weighted by Crippen LogP contribution is -2.30. The molecule has 0 saturated carbocycles. The molecule has 1 amide bonds. The summed E-state index contributed by atoms with van der Waals surface area (Å²) in [5, 5.41) is 4.42. The number of aromatic nitrogens is 2. The quantitative estimate of drug-likeness (QED) is 0.867. The Morgan fingerprint density at radius 2 is 2.17 bits per heavy atom. The normalized spacial score (nSPS) is 21.7. The van der Waals surface area contributed by atoms with E-state index >= 15 is 0 Å². The predicted octanol–water partition coefficient (Wildman–Crippen LogP) is 0.905. The molecule has 5 nitrogen and oxygen atoms in total. The van der Waals surface area contributed by atoms with Crippen molar-refractivity contribution in [1.29, 1.82) is 0 Å². The van der Waals surface area contributed by atoms with E-state index in [1.807, 2.05) is 30.5 Å². The van der Waals surface area contributed by atoms with Crippen molar-refractivity contribution in [3.8, 4) is 0 Å². The molecule has 0 bridgehead atoms. The number of nitrogens with two attached hydrogens (primary N) is 1. The van der Waals surface area contributed by atoms with Gasteiger partial charge < -0.3 is 10.6 Å². The molecule has 2 unspecified atom stereocenters. The maximum absolute atomic E-state index is 12.0. The van der Waals surface area contributed by atoms with E-state index in [0.29, 0.717) is 18.9 Å². The first-order valence-electron chi connectivity index (χ1n) is 6.45. The van der Waals surface area contributed by atoms with Gasteiger partial charge in [-0.1, -0.05) is 0 Å². The molecular weight excluding hydrogens is 228 g/mol. The molecule has 0 radical (unpaired) electrons. The van der Waals surface area contributed by atoms with Crippen LogP contribution in [-0.4, -0.2) is 33.7 Å². The molecule has 2 N–H and O–H groups in total. The summed E-state index contributed by atoms with van der Waals surface area (Å²) in [4.78, 5) is 14.0. The minimum Gasteiger partial charge on any atom is -0.335 e. The number of hydrogen-bond acceptors (Lipinski definition) is 3. The Morgan fingerprint density at radius 1 is 1.50 bits per heavy atom. The second-order valence-electron chi connectivity index (χ2n) is 5.24. The van der Waals surface area contributed by atoms with Gasteiger partial charge in [0.1, 0.15) is 0 Å². The van der Waals surface area contributed by atoms with Crippen LogP contribution >= 0.6 is 0 Å². The third-order valence-electron chi connectivity index (χ3n) is 4.02. The molecule has 100 valence electrons. The van der Waals surface area contributed by atoms with Crippen LogP contribution < -0.4 is 5.73 Å². The maximum Gasteiger partial charge on any atom is 0.223 e. The third-order valence-corrected chi connectivity index (χ3v) is 4.02. The van der Waals surface area contributed by atoms with Gasteiger partial charge in [0.15, 0.2) is 0 Å². The van der Waals surface area contributed by atoms with Crippen LogP contribution in [0.25, 0.3) is 0 Å². The van der Waals surface area contributed by atoms with Gasteiger partial charge in [-0.25, -0.2) is 0 Å². The van der Waals surface area contributed by atoms with Crippen LogP contribution in [0.4, 0.5) is 0 Å². The van der Waals surface area contributed by atoms with E-state index < -0.39 is 0 Å². The number of likely N-dealkylation sites (tertiary alicyclic amines) is 1. The summed E-state index contributed by atoms with van der Waals surface area (Å²) >= 11 is 0. The molecule has 1 aliphatic heterocycles. The van der Waals surface area contributed by atoms with E-state index in [4.69, 9.17) is 5.73 Å². The number of rotatable bonds is 3. The highest BCUT2D eigenvalue weighted by Gasteiger charge is 2.34. The van der Waals surface area contributed by atoms with E-state index in [-0.39, 0.29) is 11.9 Å². The number of aryl methyl sites for hydroxylation is 2. The Hall–Kier alpha value is -1.36. The van der Waals surface area contributed by atoms with Crippen molar-refractivity contribution in [2.75, 3.05) is 13.1 Å². The molecule has 18 heavy (non-hydrogen) atoms. The van der Waals surface area contributed by atoms with Crippen molar-refractivity contribution >= 4 is 5.91 Å². The van der Waals surface area contributed by atoms with Gasteiger partial charge in [-0.05, 0) is 33.2 Å². The third kappa shape index (κ3) is 2.03. The molecule has 2 heterocycles. The number of nitrogens with zero attached hydrogens (tertiary/aromatic N) is 3. The molecule has 0 aliphatic carbocycles. The molecule has 0 spiro atoms. The van der Waals surface area contributed by atoms with Crippen molar-refractivity contribution in [3.63, 3.8) is 0 Å². The first-order chi connectivity index (χ1) is 8.45.